The molecule has 268 valence electrons. The third-order valence-electron chi connectivity index (χ3n) is 8.77. The average Bonchev–Trinajstić information content (AvgIpc) is 3.11. The second kappa shape index (κ2) is 26.3. The number of allylic oxidation sites excluding steroid dienone is 4. The highest BCUT2D eigenvalue weighted by Crippen LogP contribution is 2.31. The van der Waals surface area contributed by atoms with Gasteiger partial charge < -0.3 is 4.74 Å². The van der Waals surface area contributed by atoms with E-state index in [1.165, 1.54) is 90.8 Å². The van der Waals surface area contributed by atoms with Crippen LogP contribution in [0.15, 0.2) is 85.0 Å². The Labute approximate surface area is 298 Å². The highest BCUT2D eigenvalue weighted by molar-refractivity contribution is 5.83. The van der Waals surface area contributed by atoms with Crippen LogP contribution in [0.2, 0.25) is 0 Å². The van der Waals surface area contributed by atoms with Crippen LogP contribution in [-0.4, -0.2) is 12.7 Å². The molecule has 1 aliphatic heterocycles. The Morgan fingerprint density at radius 3 is 1.81 bits per heavy atom. The summed E-state index contributed by atoms with van der Waals surface area (Å²) in [4.78, 5) is 0. The van der Waals surface area contributed by atoms with Crippen LogP contribution >= 0.6 is 0 Å². The first kappa shape index (κ1) is 43.4. The second-order valence-corrected chi connectivity index (χ2v) is 14.3. The molecule has 2 aliphatic carbocycles. The summed E-state index contributed by atoms with van der Waals surface area (Å²) in [6.45, 7) is 24.9. The maximum atomic E-state index is 5.59. The van der Waals surface area contributed by atoms with Gasteiger partial charge in [-0.2, -0.15) is 0 Å². The molecule has 1 nitrogen and oxygen atoms in total. The summed E-state index contributed by atoms with van der Waals surface area (Å²) >= 11 is 0. The van der Waals surface area contributed by atoms with Gasteiger partial charge in [0.15, 0.2) is 0 Å². The molecule has 1 atom stereocenters. The predicted molar refractivity (Wildman–Crippen MR) is 218 cm³/mol. The van der Waals surface area contributed by atoms with Crippen molar-refractivity contribution in [1.29, 1.82) is 0 Å². The van der Waals surface area contributed by atoms with Gasteiger partial charge in [-0.05, 0) is 121 Å². The van der Waals surface area contributed by atoms with E-state index in [9.17, 15) is 0 Å². The molecular weight excluding hydrogens is 581 g/mol. The molecule has 0 spiro atoms. The number of fused-ring (bicyclic) bond motifs is 1. The SMILES string of the molecule is CC.CC.CC(C)CC1CCCCO1.CC(C)Cc1ccc2ccccc2c1.CC1CC(C)C1.CCc1ccc(C2=CCCC=C2)cc1. The van der Waals surface area contributed by atoms with Gasteiger partial charge in [-0.25, -0.2) is 0 Å². The van der Waals surface area contributed by atoms with E-state index in [0.717, 1.165) is 36.7 Å². The number of ether oxygens (including phenoxy) is 1. The van der Waals surface area contributed by atoms with Crippen molar-refractivity contribution < 1.29 is 4.74 Å². The molecule has 1 heteroatoms. The fourth-order valence-electron chi connectivity index (χ4n) is 6.42. The Kier molecular flexibility index (Phi) is 23.7. The van der Waals surface area contributed by atoms with Crippen LogP contribution in [0.1, 0.15) is 144 Å². The molecule has 3 aromatic rings. The predicted octanol–water partition coefficient (Wildman–Crippen LogP) is 14.7. The van der Waals surface area contributed by atoms with Crippen molar-refractivity contribution in [2.45, 2.75) is 146 Å². The van der Waals surface area contributed by atoms with Crippen LogP contribution in [-0.2, 0) is 17.6 Å². The van der Waals surface area contributed by atoms with Gasteiger partial charge in [0, 0.05) is 6.61 Å². The lowest BCUT2D eigenvalue weighted by molar-refractivity contribution is 0.00419. The number of rotatable bonds is 6. The van der Waals surface area contributed by atoms with Crippen LogP contribution in [0.4, 0.5) is 0 Å². The number of benzene rings is 3. The Morgan fingerprint density at radius 1 is 0.708 bits per heavy atom. The quantitative estimate of drug-likeness (QED) is 0.257. The lowest BCUT2D eigenvalue weighted by atomic mass is 9.78. The van der Waals surface area contributed by atoms with Crippen molar-refractivity contribution in [1.82, 2.24) is 0 Å². The zero-order valence-electron chi connectivity index (χ0n) is 33.2. The molecular formula is C47H74O. The fraction of sp³-hybridized carbons (Fsp3) is 0.574. The molecule has 0 amide bonds. The summed E-state index contributed by atoms with van der Waals surface area (Å²) in [5.41, 5.74) is 5.57. The van der Waals surface area contributed by atoms with Gasteiger partial charge in [0.25, 0.3) is 0 Å². The van der Waals surface area contributed by atoms with E-state index in [4.69, 9.17) is 4.74 Å². The Balaban J connectivity index is 0.000000320. The molecule has 0 radical (unpaired) electrons. The Morgan fingerprint density at radius 2 is 1.33 bits per heavy atom. The third-order valence-corrected chi connectivity index (χ3v) is 8.77. The summed E-state index contributed by atoms with van der Waals surface area (Å²) in [6.07, 6.45) is 20.2. The Bertz CT molecular complexity index is 1240. The third kappa shape index (κ3) is 18.2. The first-order valence-electron chi connectivity index (χ1n) is 19.8. The largest absolute Gasteiger partial charge is 0.378 e. The monoisotopic (exact) mass is 655 g/mol. The van der Waals surface area contributed by atoms with Gasteiger partial charge in [-0.15, -0.1) is 0 Å². The minimum atomic E-state index is 0.578. The van der Waals surface area contributed by atoms with E-state index in [1.54, 1.807) is 0 Å². The molecule has 1 saturated heterocycles. The van der Waals surface area contributed by atoms with E-state index in [2.05, 4.69) is 133 Å². The van der Waals surface area contributed by atoms with Crippen LogP contribution in [0.3, 0.4) is 0 Å². The molecule has 1 saturated carbocycles. The summed E-state index contributed by atoms with van der Waals surface area (Å²) in [5.74, 6) is 3.61. The van der Waals surface area contributed by atoms with Gasteiger partial charge >= 0.3 is 0 Å². The molecule has 48 heavy (non-hydrogen) atoms. The molecule has 3 aromatic carbocycles. The van der Waals surface area contributed by atoms with E-state index in [-0.39, 0.29) is 0 Å². The van der Waals surface area contributed by atoms with Gasteiger partial charge in [0.2, 0.25) is 0 Å². The maximum absolute atomic E-state index is 5.59. The topological polar surface area (TPSA) is 9.23 Å². The zero-order chi connectivity index (χ0) is 35.7. The van der Waals surface area contributed by atoms with Crippen molar-refractivity contribution in [3.8, 4) is 0 Å². The smallest absolute Gasteiger partial charge is 0.0577 e. The first-order valence-corrected chi connectivity index (χ1v) is 19.8. The standard InChI is InChI=1S/2C14H16.C9H18O.C6H12.2C2H6/c1-11(2)9-12-7-8-13-5-3-4-6-14(13)10-12;1-2-12-8-10-14(11-9-12)13-6-4-3-5-7-13;1-8(2)7-9-5-3-4-6-10-9;1-5-3-6(2)4-5;2*1-2/h3-8,10-11H,9H2,1-2H3;4,6-11H,2-3,5H2,1H3;8-9H,3-7H2,1-2H3;5-6H,3-4H2,1-2H3;2*1-2H3. The first-order chi connectivity index (χ1) is 23.2. The lowest BCUT2D eigenvalue weighted by Gasteiger charge is -2.28. The normalized spacial score (nSPS) is 19.3. The minimum absolute atomic E-state index is 0.578. The van der Waals surface area contributed by atoms with Crippen molar-refractivity contribution in [2.75, 3.05) is 6.61 Å². The van der Waals surface area contributed by atoms with Crippen LogP contribution in [0.25, 0.3) is 16.3 Å². The Hall–Kier alpha value is -2.64. The summed E-state index contributed by atoms with van der Waals surface area (Å²) in [6, 6.07) is 24.2. The summed E-state index contributed by atoms with van der Waals surface area (Å²) in [7, 11) is 0. The molecule has 3 aliphatic rings. The van der Waals surface area contributed by atoms with Gasteiger partial charge in [-0.1, -0.05) is 161 Å². The second-order valence-electron chi connectivity index (χ2n) is 14.3. The van der Waals surface area contributed by atoms with Crippen LogP contribution in [0, 0.1) is 23.7 Å². The van der Waals surface area contributed by atoms with Gasteiger partial charge in [-0.3, -0.25) is 0 Å². The van der Waals surface area contributed by atoms with Crippen LogP contribution < -0.4 is 0 Å². The molecule has 0 N–H and O–H groups in total. The van der Waals surface area contributed by atoms with Gasteiger partial charge in [0.1, 0.15) is 0 Å². The molecule has 2 fully saturated rings. The van der Waals surface area contributed by atoms with Crippen molar-refractivity contribution in [2.24, 2.45) is 23.7 Å². The highest BCUT2D eigenvalue weighted by Gasteiger charge is 2.19. The van der Waals surface area contributed by atoms with E-state index in [1.807, 2.05) is 27.7 Å². The maximum Gasteiger partial charge on any atom is 0.0577 e. The number of hydrogen-bond donors (Lipinski definition) is 0. The van der Waals surface area contributed by atoms with Crippen molar-refractivity contribution >= 4 is 16.3 Å². The fourth-order valence-corrected chi connectivity index (χ4v) is 6.42. The zero-order valence-corrected chi connectivity index (χ0v) is 33.2. The van der Waals surface area contributed by atoms with Crippen molar-refractivity contribution in [3.05, 3.63) is 102 Å². The number of aryl methyl sites for hydroxylation is 1. The van der Waals surface area contributed by atoms with Gasteiger partial charge in [0.05, 0.1) is 6.10 Å². The summed E-state index contributed by atoms with van der Waals surface area (Å²) < 4.78 is 5.59. The molecule has 6 rings (SSSR count). The minimum Gasteiger partial charge on any atom is -0.378 e. The molecule has 1 unspecified atom stereocenters. The highest BCUT2D eigenvalue weighted by atomic mass is 16.5. The molecule has 0 bridgehead atoms. The molecule has 1 heterocycles. The van der Waals surface area contributed by atoms with Crippen molar-refractivity contribution in [3.63, 3.8) is 0 Å². The summed E-state index contributed by atoms with van der Waals surface area (Å²) in [5, 5.41) is 2.69. The van der Waals surface area contributed by atoms with E-state index in [0.29, 0.717) is 6.10 Å². The average molecular weight is 655 g/mol. The van der Waals surface area contributed by atoms with Crippen LogP contribution in [0.5, 0.6) is 0 Å². The van der Waals surface area contributed by atoms with E-state index < -0.39 is 0 Å². The van der Waals surface area contributed by atoms with E-state index >= 15 is 0 Å². The number of hydrogen-bond acceptors (Lipinski definition) is 1. The molecule has 0 aromatic heterocycles. The lowest BCUT2D eigenvalue weighted by Crippen LogP contribution is -2.20.